The lowest BCUT2D eigenvalue weighted by Gasteiger charge is -2.04. The van der Waals surface area contributed by atoms with Crippen LogP contribution in [0.1, 0.15) is 41.3 Å². The largest absolute Gasteiger partial charge is 0.250 e. The first-order chi connectivity index (χ1) is 14.6. The van der Waals surface area contributed by atoms with Gasteiger partial charge in [0.25, 0.3) is 0 Å². The molecule has 0 saturated heterocycles. The Morgan fingerprint density at radius 3 is 2.63 bits per heavy atom. The predicted molar refractivity (Wildman–Crippen MR) is 121 cm³/mol. The van der Waals surface area contributed by atoms with Crippen molar-refractivity contribution in [3.8, 4) is 16.9 Å². The van der Waals surface area contributed by atoms with Gasteiger partial charge in [-0.3, -0.25) is 5.10 Å². The Kier molecular flexibility index (Phi) is 4.67. The number of hydrogen-bond donors (Lipinski definition) is 1. The van der Waals surface area contributed by atoms with Gasteiger partial charge in [0.05, 0.1) is 11.9 Å². The average Bonchev–Trinajstić information content (AvgIpc) is 3.41. The zero-order valence-electron chi connectivity index (χ0n) is 16.9. The smallest absolute Gasteiger partial charge is 0.216 e. The first-order valence-electron chi connectivity index (χ1n) is 10.0. The number of rotatable bonds is 5. The maximum absolute atomic E-state index is 5.39. The van der Waals surface area contributed by atoms with Crippen molar-refractivity contribution in [2.45, 2.75) is 32.6 Å². The van der Waals surface area contributed by atoms with Crippen molar-refractivity contribution in [3.05, 3.63) is 82.0 Å². The molecule has 0 amide bonds. The molecule has 2 heterocycles. The Hall–Kier alpha value is -3.32. The molecule has 2 aromatic carbocycles. The molecule has 1 N–H and O–H groups in total. The van der Waals surface area contributed by atoms with Crippen LogP contribution >= 0.6 is 12.2 Å². The lowest BCUT2D eigenvalue weighted by Crippen LogP contribution is -1.97. The van der Waals surface area contributed by atoms with E-state index in [0.717, 1.165) is 41.2 Å². The van der Waals surface area contributed by atoms with E-state index < -0.39 is 0 Å². The van der Waals surface area contributed by atoms with Crippen LogP contribution in [0.25, 0.3) is 16.9 Å². The highest BCUT2D eigenvalue weighted by Crippen LogP contribution is 2.38. The molecule has 0 spiro atoms. The molecule has 1 saturated carbocycles. The van der Waals surface area contributed by atoms with Gasteiger partial charge in [0, 0.05) is 23.2 Å². The summed E-state index contributed by atoms with van der Waals surface area (Å²) in [7, 11) is 0. The van der Waals surface area contributed by atoms with E-state index in [4.69, 9.17) is 17.3 Å². The van der Waals surface area contributed by atoms with Gasteiger partial charge in [0.15, 0.2) is 5.82 Å². The van der Waals surface area contributed by atoms with Gasteiger partial charge >= 0.3 is 0 Å². The topological polar surface area (TPSA) is 63.8 Å². The maximum Gasteiger partial charge on any atom is 0.216 e. The third kappa shape index (κ3) is 3.52. The lowest BCUT2D eigenvalue weighted by molar-refractivity contribution is 0.773. The van der Waals surface area contributed by atoms with E-state index in [-0.39, 0.29) is 0 Å². The minimum Gasteiger partial charge on any atom is -0.250 e. The van der Waals surface area contributed by atoms with E-state index in [1.165, 1.54) is 11.1 Å². The summed E-state index contributed by atoms with van der Waals surface area (Å²) < 4.78 is 4.13. The molecule has 4 aromatic rings. The molecule has 0 radical (unpaired) electrons. The SMILES string of the molecule is Cc1ccc(-c2nn(-c3ccccc3)cc2/C=N\n2c(C3CC3)n[nH]c2=S)cc1C. The number of hydrogen-bond acceptors (Lipinski definition) is 4. The van der Waals surface area contributed by atoms with Gasteiger partial charge in [0.2, 0.25) is 4.77 Å². The van der Waals surface area contributed by atoms with Gasteiger partial charge < -0.3 is 0 Å². The molecular formula is C23H22N6S. The van der Waals surface area contributed by atoms with Crippen LogP contribution in [0.2, 0.25) is 0 Å². The fourth-order valence-corrected chi connectivity index (χ4v) is 3.64. The number of aromatic amines is 1. The van der Waals surface area contributed by atoms with Crippen LogP contribution < -0.4 is 0 Å². The number of aromatic nitrogens is 5. The highest BCUT2D eigenvalue weighted by atomic mass is 32.1. The summed E-state index contributed by atoms with van der Waals surface area (Å²) in [5.41, 5.74) is 6.36. The average molecular weight is 415 g/mol. The van der Waals surface area contributed by atoms with Gasteiger partial charge in [-0.05, 0) is 68.2 Å². The molecule has 5 rings (SSSR count). The maximum atomic E-state index is 5.39. The summed E-state index contributed by atoms with van der Waals surface area (Å²) in [5.74, 6) is 1.35. The third-order valence-corrected chi connectivity index (χ3v) is 5.74. The van der Waals surface area contributed by atoms with E-state index in [1.54, 1.807) is 4.68 Å². The quantitative estimate of drug-likeness (QED) is 0.362. The van der Waals surface area contributed by atoms with Crippen LogP contribution in [-0.4, -0.2) is 30.9 Å². The first-order valence-corrected chi connectivity index (χ1v) is 10.5. The summed E-state index contributed by atoms with van der Waals surface area (Å²) >= 11 is 5.39. The first kappa shape index (κ1) is 18.7. The number of nitrogens with one attached hydrogen (secondary N) is 1. The van der Waals surface area contributed by atoms with Crippen molar-refractivity contribution < 1.29 is 0 Å². The summed E-state index contributed by atoms with van der Waals surface area (Å²) in [6, 6.07) is 16.5. The van der Waals surface area contributed by atoms with Gasteiger partial charge in [-0.1, -0.05) is 30.3 Å². The van der Waals surface area contributed by atoms with Gasteiger partial charge in [-0.15, -0.1) is 0 Å². The Morgan fingerprint density at radius 1 is 1.10 bits per heavy atom. The predicted octanol–water partition coefficient (Wildman–Crippen LogP) is 5.17. The van der Waals surface area contributed by atoms with Crippen molar-refractivity contribution in [2.75, 3.05) is 0 Å². The van der Waals surface area contributed by atoms with Crippen LogP contribution in [0.4, 0.5) is 0 Å². The van der Waals surface area contributed by atoms with Crippen molar-refractivity contribution in [2.24, 2.45) is 5.10 Å². The van der Waals surface area contributed by atoms with E-state index in [9.17, 15) is 0 Å². The summed E-state index contributed by atoms with van der Waals surface area (Å²) in [6.45, 7) is 4.23. The zero-order chi connectivity index (χ0) is 20.7. The number of H-pyrrole nitrogens is 1. The van der Waals surface area contributed by atoms with Crippen LogP contribution in [0.5, 0.6) is 0 Å². The molecule has 7 heteroatoms. The van der Waals surface area contributed by atoms with Crippen LogP contribution in [-0.2, 0) is 0 Å². The van der Waals surface area contributed by atoms with Crippen molar-refractivity contribution in [1.82, 2.24) is 24.7 Å². The highest BCUT2D eigenvalue weighted by Gasteiger charge is 2.29. The Labute approximate surface area is 179 Å². The minimum absolute atomic E-state index is 0.446. The molecule has 1 aliphatic carbocycles. The van der Waals surface area contributed by atoms with Gasteiger partial charge in [-0.2, -0.15) is 20.0 Å². The molecule has 0 aliphatic heterocycles. The molecule has 2 aromatic heterocycles. The van der Waals surface area contributed by atoms with Crippen molar-refractivity contribution >= 4 is 18.4 Å². The Balaban J connectivity index is 1.61. The summed E-state index contributed by atoms with van der Waals surface area (Å²) in [4.78, 5) is 0. The van der Waals surface area contributed by atoms with Crippen molar-refractivity contribution in [3.63, 3.8) is 0 Å². The van der Waals surface area contributed by atoms with Gasteiger partial charge in [-0.25, -0.2) is 4.68 Å². The van der Waals surface area contributed by atoms with E-state index in [0.29, 0.717) is 10.7 Å². The number of nitrogens with zero attached hydrogens (tertiary/aromatic N) is 5. The van der Waals surface area contributed by atoms with Crippen LogP contribution in [0.15, 0.2) is 59.8 Å². The Bertz CT molecular complexity index is 1290. The normalized spacial score (nSPS) is 13.9. The number of benzene rings is 2. The summed E-state index contributed by atoms with van der Waals surface area (Å²) in [5, 5.41) is 16.8. The van der Waals surface area contributed by atoms with Crippen LogP contribution in [0.3, 0.4) is 0 Å². The molecule has 1 aliphatic rings. The van der Waals surface area contributed by atoms with E-state index >= 15 is 0 Å². The fraction of sp³-hybridized carbons (Fsp3) is 0.217. The molecule has 30 heavy (non-hydrogen) atoms. The fourth-order valence-electron chi connectivity index (χ4n) is 3.45. The minimum atomic E-state index is 0.446. The standard InChI is InChI=1S/C23H22N6S/c1-15-8-9-18(12-16(15)2)21-19(14-28(27-21)20-6-4-3-5-7-20)13-24-29-22(17-10-11-17)25-26-23(29)30/h3-9,12-14,17H,10-11H2,1-2H3,(H,26,30)/b24-13-. The molecular weight excluding hydrogens is 392 g/mol. The molecule has 150 valence electrons. The highest BCUT2D eigenvalue weighted by molar-refractivity contribution is 7.71. The second-order valence-corrected chi connectivity index (χ2v) is 8.12. The molecule has 6 nitrogen and oxygen atoms in total. The monoisotopic (exact) mass is 414 g/mol. The Morgan fingerprint density at radius 2 is 1.90 bits per heavy atom. The summed E-state index contributed by atoms with van der Waals surface area (Å²) in [6.07, 6.45) is 6.10. The molecule has 1 fully saturated rings. The van der Waals surface area contributed by atoms with E-state index in [2.05, 4.69) is 47.3 Å². The van der Waals surface area contributed by atoms with E-state index in [1.807, 2.05) is 47.4 Å². The van der Waals surface area contributed by atoms with Crippen LogP contribution in [0, 0.1) is 18.6 Å². The molecule has 0 atom stereocenters. The third-order valence-electron chi connectivity index (χ3n) is 5.47. The second-order valence-electron chi connectivity index (χ2n) is 7.73. The molecule has 0 unspecified atom stereocenters. The van der Waals surface area contributed by atoms with Gasteiger partial charge in [0.1, 0.15) is 5.69 Å². The zero-order valence-corrected chi connectivity index (χ0v) is 17.7. The number of para-hydroxylation sites is 1. The lowest BCUT2D eigenvalue weighted by atomic mass is 10.0. The number of aryl methyl sites for hydroxylation is 2. The second kappa shape index (κ2) is 7.50. The van der Waals surface area contributed by atoms with Crippen molar-refractivity contribution in [1.29, 1.82) is 0 Å². The molecule has 0 bridgehead atoms.